The van der Waals surface area contributed by atoms with Gasteiger partial charge in [0.15, 0.2) is 0 Å². The molecule has 2 aliphatic carbocycles. The molecule has 7 nitrogen and oxygen atoms in total. The highest BCUT2D eigenvalue weighted by molar-refractivity contribution is 5.91. The van der Waals surface area contributed by atoms with Crippen LogP contribution in [0.5, 0.6) is 0 Å². The molecule has 2 N–H and O–H groups in total. The third-order valence-corrected chi connectivity index (χ3v) is 5.69. The Bertz CT molecular complexity index is 600. The molecule has 0 spiro atoms. The lowest BCUT2D eigenvalue weighted by atomic mass is 9.95. The number of rotatable bonds is 6. The fourth-order valence-electron chi connectivity index (χ4n) is 4.19. The van der Waals surface area contributed by atoms with Crippen molar-refractivity contribution >= 4 is 18.1 Å². The molecule has 0 radical (unpaired) electrons. The summed E-state index contributed by atoms with van der Waals surface area (Å²) in [6, 6.07) is 0.0179. The van der Waals surface area contributed by atoms with Crippen LogP contribution in [0.1, 0.15) is 105 Å². The van der Waals surface area contributed by atoms with Crippen LogP contribution in [0.2, 0.25) is 0 Å². The first kappa shape index (κ1) is 25.5. The molecule has 0 aromatic heterocycles. The molecule has 7 heteroatoms. The second kappa shape index (κ2) is 12.3. The van der Waals surface area contributed by atoms with Gasteiger partial charge in [0.2, 0.25) is 0 Å². The Labute approximate surface area is 188 Å². The summed E-state index contributed by atoms with van der Waals surface area (Å²) in [5, 5.41) is 6.10. The van der Waals surface area contributed by atoms with Gasteiger partial charge in [-0.1, -0.05) is 52.4 Å². The monoisotopic (exact) mass is 437 g/mol. The molecule has 0 aromatic rings. The molecule has 1 atom stereocenters. The van der Waals surface area contributed by atoms with Crippen LogP contribution in [0, 0.1) is 5.92 Å². The van der Waals surface area contributed by atoms with Gasteiger partial charge in [-0.3, -0.25) is 0 Å². The Kier molecular flexibility index (Phi) is 10.1. The maximum absolute atomic E-state index is 13.1. The lowest BCUT2D eigenvalue weighted by Gasteiger charge is -2.27. The van der Waals surface area contributed by atoms with Crippen molar-refractivity contribution in [1.29, 1.82) is 0 Å². The van der Waals surface area contributed by atoms with Gasteiger partial charge in [0.05, 0.1) is 6.04 Å². The molecule has 2 aliphatic rings. The van der Waals surface area contributed by atoms with Gasteiger partial charge < -0.3 is 20.1 Å². The minimum Gasteiger partial charge on any atom is -0.444 e. The number of nitrogens with one attached hydrogen (secondary N) is 2. The van der Waals surface area contributed by atoms with Crippen LogP contribution < -0.4 is 10.6 Å². The predicted octanol–water partition coefficient (Wildman–Crippen LogP) is 5.08. The zero-order valence-electron chi connectivity index (χ0n) is 20.2. The van der Waals surface area contributed by atoms with Crippen molar-refractivity contribution in [2.75, 3.05) is 0 Å². The van der Waals surface area contributed by atoms with Crippen molar-refractivity contribution < 1.29 is 19.1 Å². The van der Waals surface area contributed by atoms with Crippen LogP contribution in [0.25, 0.3) is 0 Å². The predicted molar refractivity (Wildman–Crippen MR) is 123 cm³/mol. The number of carbonyl (C=O) groups excluding carboxylic acids is 2. The lowest BCUT2D eigenvalue weighted by molar-refractivity contribution is -0.138. The summed E-state index contributed by atoms with van der Waals surface area (Å²) in [6.07, 6.45) is 11.2. The SMILES string of the molecule is CC(C)C[C@H](NC(=O)OC(C)(C)C)C(=O)OC(=NC1CCCCC1)NC1CCCCC1. The van der Waals surface area contributed by atoms with Crippen LogP contribution in [0.15, 0.2) is 4.99 Å². The van der Waals surface area contributed by atoms with E-state index in [1.165, 1.54) is 25.7 Å². The van der Waals surface area contributed by atoms with E-state index < -0.39 is 23.7 Å². The first-order valence-corrected chi connectivity index (χ1v) is 12.2. The van der Waals surface area contributed by atoms with E-state index in [0.717, 1.165) is 38.5 Å². The molecule has 0 unspecified atom stereocenters. The van der Waals surface area contributed by atoms with E-state index in [9.17, 15) is 9.59 Å². The van der Waals surface area contributed by atoms with Gasteiger partial charge >= 0.3 is 12.1 Å². The fourth-order valence-corrected chi connectivity index (χ4v) is 4.19. The summed E-state index contributed by atoms with van der Waals surface area (Å²) in [6.45, 7) is 9.41. The summed E-state index contributed by atoms with van der Waals surface area (Å²) in [4.78, 5) is 30.1. The average Bonchev–Trinajstić information content (AvgIpc) is 2.67. The molecule has 1 amide bonds. The molecule has 0 bridgehead atoms. The molecule has 0 aromatic carbocycles. The van der Waals surface area contributed by atoms with Gasteiger partial charge in [-0.15, -0.1) is 0 Å². The van der Waals surface area contributed by atoms with Crippen LogP contribution in [0.3, 0.4) is 0 Å². The van der Waals surface area contributed by atoms with Crippen molar-refractivity contribution in [3.05, 3.63) is 0 Å². The zero-order chi connectivity index (χ0) is 22.9. The van der Waals surface area contributed by atoms with Crippen LogP contribution in [-0.2, 0) is 14.3 Å². The van der Waals surface area contributed by atoms with E-state index in [-0.39, 0.29) is 18.0 Å². The van der Waals surface area contributed by atoms with Crippen LogP contribution in [0.4, 0.5) is 4.79 Å². The van der Waals surface area contributed by atoms with Gasteiger partial charge in [-0.05, 0) is 58.8 Å². The first-order valence-electron chi connectivity index (χ1n) is 12.2. The van der Waals surface area contributed by atoms with Crippen LogP contribution in [-0.4, -0.2) is 41.8 Å². The van der Waals surface area contributed by atoms with Crippen molar-refractivity contribution in [3.8, 4) is 0 Å². The lowest BCUT2D eigenvalue weighted by Crippen LogP contribution is -2.47. The van der Waals surface area contributed by atoms with E-state index in [1.807, 2.05) is 13.8 Å². The highest BCUT2D eigenvalue weighted by Crippen LogP contribution is 2.22. The highest BCUT2D eigenvalue weighted by atomic mass is 16.6. The minimum absolute atomic E-state index is 0.190. The topological polar surface area (TPSA) is 89.0 Å². The van der Waals surface area contributed by atoms with Gasteiger partial charge in [0.1, 0.15) is 11.6 Å². The maximum atomic E-state index is 13.1. The Morgan fingerprint density at radius 2 is 1.55 bits per heavy atom. The Hall–Kier alpha value is -1.79. The number of aliphatic imine (C=N–C) groups is 1. The number of hydrogen-bond acceptors (Lipinski definition) is 5. The molecule has 0 saturated heterocycles. The third kappa shape index (κ3) is 10.4. The standard InChI is InChI=1S/C24H43N3O4/c1-17(2)16-20(27-23(29)31-24(3,4)5)21(28)30-22(25-18-12-8-6-9-13-18)26-19-14-10-7-11-15-19/h17-20H,6-16H2,1-5H3,(H,25,26)(H,27,29)/t20-/m0/s1. The zero-order valence-corrected chi connectivity index (χ0v) is 20.2. The van der Waals surface area contributed by atoms with E-state index in [0.29, 0.717) is 12.4 Å². The molecule has 2 saturated carbocycles. The molecular weight excluding hydrogens is 394 g/mol. The molecule has 0 aliphatic heterocycles. The smallest absolute Gasteiger partial charge is 0.408 e. The molecule has 178 valence electrons. The fraction of sp³-hybridized carbons (Fsp3) is 0.875. The number of esters is 1. The summed E-state index contributed by atoms with van der Waals surface area (Å²) < 4.78 is 11.1. The number of alkyl carbamates (subject to hydrolysis) is 1. The van der Waals surface area contributed by atoms with Gasteiger partial charge in [0, 0.05) is 6.04 Å². The number of amidine groups is 1. The Morgan fingerprint density at radius 3 is 2.10 bits per heavy atom. The molecule has 0 heterocycles. The first-order chi connectivity index (χ1) is 14.6. The van der Waals surface area contributed by atoms with E-state index in [1.54, 1.807) is 20.8 Å². The van der Waals surface area contributed by atoms with Gasteiger partial charge in [-0.2, -0.15) is 0 Å². The quantitative estimate of drug-likeness (QED) is 0.344. The van der Waals surface area contributed by atoms with E-state index in [2.05, 4.69) is 10.6 Å². The van der Waals surface area contributed by atoms with E-state index >= 15 is 0 Å². The Balaban J connectivity index is 2.08. The van der Waals surface area contributed by atoms with E-state index in [4.69, 9.17) is 14.5 Å². The summed E-state index contributed by atoms with van der Waals surface area (Å²) in [5.41, 5.74) is -0.632. The number of hydrogen-bond donors (Lipinski definition) is 2. The summed E-state index contributed by atoms with van der Waals surface area (Å²) in [5.74, 6) is -0.282. The second-order valence-electron chi connectivity index (χ2n) is 10.5. The number of ether oxygens (including phenoxy) is 2. The van der Waals surface area contributed by atoms with Crippen molar-refractivity contribution in [2.45, 2.75) is 129 Å². The number of nitrogens with zero attached hydrogens (tertiary/aromatic N) is 1. The molecule has 2 fully saturated rings. The van der Waals surface area contributed by atoms with Crippen LogP contribution >= 0.6 is 0 Å². The average molecular weight is 438 g/mol. The molecule has 31 heavy (non-hydrogen) atoms. The maximum Gasteiger partial charge on any atom is 0.408 e. The van der Waals surface area contributed by atoms with Crippen molar-refractivity contribution in [3.63, 3.8) is 0 Å². The Morgan fingerprint density at radius 1 is 0.968 bits per heavy atom. The molecule has 2 rings (SSSR count). The number of carbonyl (C=O) groups is 2. The normalized spacial score (nSPS) is 20.3. The minimum atomic E-state index is -0.778. The second-order valence-corrected chi connectivity index (χ2v) is 10.5. The summed E-state index contributed by atoms with van der Waals surface area (Å²) >= 11 is 0. The third-order valence-electron chi connectivity index (χ3n) is 5.69. The van der Waals surface area contributed by atoms with Gasteiger partial charge in [-0.25, -0.2) is 14.6 Å². The van der Waals surface area contributed by atoms with Crippen molar-refractivity contribution in [1.82, 2.24) is 10.6 Å². The van der Waals surface area contributed by atoms with Crippen molar-refractivity contribution in [2.24, 2.45) is 10.9 Å². The number of amides is 1. The molecular formula is C24H43N3O4. The summed E-state index contributed by atoms with van der Waals surface area (Å²) in [7, 11) is 0. The largest absolute Gasteiger partial charge is 0.444 e. The highest BCUT2D eigenvalue weighted by Gasteiger charge is 2.29. The van der Waals surface area contributed by atoms with Gasteiger partial charge in [0.25, 0.3) is 6.02 Å².